The van der Waals surface area contributed by atoms with E-state index in [0.29, 0.717) is 0 Å². The molecule has 6 rings (SSSR count). The number of rotatable bonds is 9. The van der Waals surface area contributed by atoms with E-state index in [1.54, 1.807) is 0 Å². The maximum absolute atomic E-state index is 14.0. The van der Waals surface area contributed by atoms with Gasteiger partial charge in [-0.3, -0.25) is 4.79 Å². The third-order valence-electron chi connectivity index (χ3n) is 9.29. The lowest BCUT2D eigenvalue weighted by molar-refractivity contribution is -0.354. The summed E-state index contributed by atoms with van der Waals surface area (Å²) < 4.78 is 39.8. The van der Waals surface area contributed by atoms with Gasteiger partial charge < -0.3 is 94.1 Å². The van der Waals surface area contributed by atoms with Gasteiger partial charge in [0.15, 0.2) is 18.2 Å². The van der Waals surface area contributed by atoms with Crippen LogP contribution in [-0.2, 0) is 18.9 Å². The summed E-state index contributed by atoms with van der Waals surface area (Å²) in [4.78, 5) is 14.0. The fourth-order valence-electron chi connectivity index (χ4n) is 6.24. The molecule has 53 heavy (non-hydrogen) atoms. The van der Waals surface area contributed by atoms with Gasteiger partial charge in [-0.25, -0.2) is 0 Å². The number of aliphatic hydroxyl groups excluding tert-OH is 10. The predicted octanol–water partition coefficient (Wildman–Crippen LogP) is -3.92. The van der Waals surface area contributed by atoms with E-state index in [1.165, 1.54) is 31.2 Å². The summed E-state index contributed by atoms with van der Waals surface area (Å²) in [5.41, 5.74) is -1.27. The van der Waals surface area contributed by atoms with Crippen LogP contribution in [0.1, 0.15) is 6.92 Å². The third-order valence-corrected chi connectivity index (χ3v) is 9.29. The fourth-order valence-corrected chi connectivity index (χ4v) is 6.24. The van der Waals surface area contributed by atoms with Crippen LogP contribution in [0.3, 0.4) is 0 Å². The molecular weight excluding hydrogens is 716 g/mol. The van der Waals surface area contributed by atoms with Crippen LogP contribution in [0.2, 0.25) is 0 Å². The molecule has 1 aromatic heterocycles. The first-order valence-corrected chi connectivity index (χ1v) is 16.4. The summed E-state index contributed by atoms with van der Waals surface area (Å²) in [5.74, 6) is -2.21. The quantitative estimate of drug-likeness (QED) is 0.0992. The standard InChI is InChI=1S/C33H40O20/c1-10-19(38)23(42)26(45)31(47-10)53-30-25(44)21(40)17(9-35)51-33(30)52-29-22(41)18-14(37)6-12(36)7-15(18)49-28(29)11-2-4-13(5-3-11)48-32-27(46)24(43)20(39)16(8-34)50-32/h2-7,10,16-17,19-21,23-27,30-40,42-46H,8-9H2,1H3/t10-,16+,17+,19-,20+,21+,23+,24+,25-,26+,27+,30+,31-,32+,33-/m0/s1. The summed E-state index contributed by atoms with van der Waals surface area (Å²) >= 11 is 0. The van der Waals surface area contributed by atoms with Crippen molar-refractivity contribution >= 4 is 11.0 Å². The summed E-state index contributed by atoms with van der Waals surface area (Å²) in [6, 6.07) is 7.21. The number of benzene rings is 2. The highest BCUT2D eigenvalue weighted by molar-refractivity contribution is 5.88. The molecule has 292 valence electrons. The topological polar surface area (TPSA) is 328 Å². The predicted molar refractivity (Wildman–Crippen MR) is 171 cm³/mol. The Hall–Kier alpha value is -3.71. The van der Waals surface area contributed by atoms with Gasteiger partial charge in [0.05, 0.1) is 19.3 Å². The molecule has 3 saturated heterocycles. The molecular formula is C33H40O20. The Labute approximate surface area is 298 Å². The Kier molecular flexibility index (Phi) is 11.5. The van der Waals surface area contributed by atoms with Crippen molar-refractivity contribution in [1.82, 2.24) is 0 Å². The van der Waals surface area contributed by atoms with E-state index >= 15 is 0 Å². The molecule has 20 nitrogen and oxygen atoms in total. The Morgan fingerprint density at radius 3 is 1.89 bits per heavy atom. The second kappa shape index (κ2) is 15.6. The molecule has 0 aliphatic carbocycles. The molecule has 0 unspecified atom stereocenters. The number of hydrogen-bond donors (Lipinski definition) is 12. The summed E-state index contributed by atoms with van der Waals surface area (Å²) in [7, 11) is 0. The van der Waals surface area contributed by atoms with E-state index in [1.807, 2.05) is 0 Å². The van der Waals surface area contributed by atoms with E-state index in [0.717, 1.165) is 12.1 Å². The number of hydrogen-bond acceptors (Lipinski definition) is 20. The lowest BCUT2D eigenvalue weighted by Gasteiger charge is -2.45. The van der Waals surface area contributed by atoms with Crippen LogP contribution in [0.25, 0.3) is 22.3 Å². The van der Waals surface area contributed by atoms with Gasteiger partial charge in [-0.2, -0.15) is 0 Å². The van der Waals surface area contributed by atoms with E-state index in [2.05, 4.69) is 0 Å². The zero-order chi connectivity index (χ0) is 38.5. The van der Waals surface area contributed by atoms with Crippen molar-refractivity contribution in [3.63, 3.8) is 0 Å². The minimum Gasteiger partial charge on any atom is -0.508 e. The molecule has 0 radical (unpaired) electrons. The zero-order valence-electron chi connectivity index (χ0n) is 27.7. The molecule has 3 aliphatic rings. The molecule has 0 spiro atoms. The van der Waals surface area contributed by atoms with E-state index in [-0.39, 0.29) is 22.7 Å². The van der Waals surface area contributed by atoms with Crippen molar-refractivity contribution in [2.75, 3.05) is 13.2 Å². The molecule has 20 heteroatoms. The number of phenols is 2. The van der Waals surface area contributed by atoms with E-state index in [9.17, 15) is 66.1 Å². The number of ether oxygens (including phenoxy) is 6. The second-order valence-electron chi connectivity index (χ2n) is 12.9. The number of phenolic OH excluding ortho intramolecular Hbond substituents is 2. The Morgan fingerprint density at radius 2 is 1.25 bits per heavy atom. The lowest BCUT2D eigenvalue weighted by atomic mass is 9.97. The lowest BCUT2D eigenvalue weighted by Crippen LogP contribution is -2.64. The van der Waals surface area contributed by atoms with Crippen molar-refractivity contribution in [1.29, 1.82) is 0 Å². The largest absolute Gasteiger partial charge is 0.508 e. The van der Waals surface area contributed by atoms with Gasteiger partial charge in [0.25, 0.3) is 0 Å². The smallest absolute Gasteiger partial charge is 0.239 e. The summed E-state index contributed by atoms with van der Waals surface area (Å²) in [5, 5.41) is 123. The number of aromatic hydroxyl groups is 2. The second-order valence-corrected chi connectivity index (χ2v) is 12.9. The monoisotopic (exact) mass is 756 g/mol. The van der Waals surface area contributed by atoms with Gasteiger partial charge in [0.1, 0.15) is 89.3 Å². The SMILES string of the molecule is C[C@@H]1O[C@@H](O[C@H]2[C@H](Oc3c(-c4ccc(O[C@@H]5O[C@H](CO)[C@@H](O)[C@@H](O)[C@H]5O)cc4)oc4cc(O)cc(O)c4c3=O)O[C@H](CO)[C@@H](O)[C@@H]2O)[C@H](O)[C@H](O)[C@H]1O. The Bertz CT molecular complexity index is 1780. The molecule has 0 amide bonds. The van der Waals surface area contributed by atoms with Crippen molar-refractivity contribution < 1.29 is 94.1 Å². The molecule has 3 aliphatic heterocycles. The first-order valence-electron chi connectivity index (χ1n) is 16.4. The summed E-state index contributed by atoms with van der Waals surface area (Å²) in [6.45, 7) is -0.182. The average molecular weight is 757 g/mol. The van der Waals surface area contributed by atoms with Gasteiger partial charge in [0, 0.05) is 17.7 Å². The molecule has 15 atom stereocenters. The third kappa shape index (κ3) is 7.39. The van der Waals surface area contributed by atoms with Crippen molar-refractivity contribution in [3.8, 4) is 34.3 Å². The van der Waals surface area contributed by atoms with Crippen LogP contribution in [0.5, 0.6) is 23.0 Å². The fraction of sp³-hybridized carbons (Fsp3) is 0.545. The first kappa shape index (κ1) is 39.0. The number of fused-ring (bicyclic) bond motifs is 1. The van der Waals surface area contributed by atoms with Crippen LogP contribution >= 0.6 is 0 Å². The normalized spacial score (nSPS) is 37.8. The maximum atomic E-state index is 14.0. The van der Waals surface area contributed by atoms with Gasteiger partial charge in [0.2, 0.25) is 23.8 Å². The summed E-state index contributed by atoms with van der Waals surface area (Å²) in [6.07, 6.45) is -24.8. The van der Waals surface area contributed by atoms with Gasteiger partial charge in [-0.1, -0.05) is 0 Å². The molecule has 3 fully saturated rings. The van der Waals surface area contributed by atoms with Gasteiger partial charge in [-0.15, -0.1) is 0 Å². The highest BCUT2D eigenvalue weighted by Gasteiger charge is 2.51. The average Bonchev–Trinajstić information content (AvgIpc) is 3.13. The molecule has 12 N–H and O–H groups in total. The maximum Gasteiger partial charge on any atom is 0.239 e. The van der Waals surface area contributed by atoms with Gasteiger partial charge >= 0.3 is 0 Å². The van der Waals surface area contributed by atoms with Crippen molar-refractivity contribution in [3.05, 3.63) is 46.6 Å². The zero-order valence-corrected chi connectivity index (χ0v) is 27.7. The van der Waals surface area contributed by atoms with Crippen LogP contribution in [-0.4, -0.2) is 167 Å². The molecule has 4 heterocycles. The Morgan fingerprint density at radius 1 is 0.660 bits per heavy atom. The van der Waals surface area contributed by atoms with E-state index in [4.69, 9.17) is 32.8 Å². The first-order chi connectivity index (χ1) is 25.1. The van der Waals surface area contributed by atoms with Crippen molar-refractivity contribution in [2.45, 2.75) is 99.0 Å². The molecule has 0 bridgehead atoms. The molecule has 0 saturated carbocycles. The highest BCUT2D eigenvalue weighted by atomic mass is 16.8. The molecule has 3 aromatic rings. The Balaban J connectivity index is 1.37. The number of aliphatic hydroxyl groups is 10. The van der Waals surface area contributed by atoms with Crippen LogP contribution in [0, 0.1) is 0 Å². The highest BCUT2D eigenvalue weighted by Crippen LogP contribution is 2.39. The van der Waals surface area contributed by atoms with Gasteiger partial charge in [-0.05, 0) is 31.2 Å². The van der Waals surface area contributed by atoms with E-state index < -0.39 is 133 Å². The van der Waals surface area contributed by atoms with Crippen molar-refractivity contribution in [2.24, 2.45) is 0 Å². The van der Waals surface area contributed by atoms with Crippen LogP contribution < -0.4 is 14.9 Å². The minimum absolute atomic E-state index is 0.0264. The van der Waals surface area contributed by atoms with Crippen LogP contribution in [0.4, 0.5) is 0 Å². The molecule has 2 aromatic carbocycles. The van der Waals surface area contributed by atoms with Crippen LogP contribution in [0.15, 0.2) is 45.6 Å². The minimum atomic E-state index is -1.94.